The fraction of sp³-hybridized carbons (Fsp3) is 0.250. The molecule has 0 fully saturated rings. The van der Waals surface area contributed by atoms with Crippen LogP contribution < -0.4 is 10.1 Å². The van der Waals surface area contributed by atoms with E-state index in [1.54, 1.807) is 11.3 Å². The topological polar surface area (TPSA) is 77.5 Å². The number of rotatable bonds is 8. The lowest BCUT2D eigenvalue weighted by molar-refractivity contribution is -0.274. The summed E-state index contributed by atoms with van der Waals surface area (Å²) in [5.41, 5.74) is 1.18. The smallest absolute Gasteiger partial charge is 0.456 e. The van der Waals surface area contributed by atoms with Crippen LogP contribution >= 0.6 is 11.3 Å². The minimum Gasteiger partial charge on any atom is -0.456 e. The molecular weight excluding hydrogens is 421 g/mol. The van der Waals surface area contributed by atoms with Crippen molar-refractivity contribution in [2.24, 2.45) is 0 Å². The Bertz CT molecular complexity index is 986. The second-order valence-corrected chi connectivity index (χ2v) is 7.33. The number of nitrogens with zero attached hydrogens (tertiary/aromatic N) is 1. The Morgan fingerprint density at radius 1 is 1.07 bits per heavy atom. The summed E-state index contributed by atoms with van der Waals surface area (Å²) in [6.07, 6.45) is -3.47. The molecule has 10 heteroatoms. The van der Waals surface area contributed by atoms with Crippen molar-refractivity contribution in [3.8, 4) is 5.75 Å². The maximum absolute atomic E-state index is 12.1. The number of aryl methyl sites for hydroxylation is 1. The number of para-hydroxylation sites is 1. The average molecular weight is 438 g/mol. The zero-order valence-electron chi connectivity index (χ0n) is 15.6. The van der Waals surface area contributed by atoms with Crippen LogP contribution in [0.1, 0.15) is 17.8 Å². The molecule has 158 valence electrons. The summed E-state index contributed by atoms with van der Waals surface area (Å²) in [7, 11) is 0. The summed E-state index contributed by atoms with van der Waals surface area (Å²) >= 11 is 1.57. The summed E-state index contributed by atoms with van der Waals surface area (Å²) < 4.78 is 46.1. The van der Waals surface area contributed by atoms with Gasteiger partial charge in [-0.1, -0.05) is 12.1 Å². The fourth-order valence-corrected chi connectivity index (χ4v) is 3.58. The molecule has 2 aromatic carbocycles. The maximum Gasteiger partial charge on any atom is 0.573 e. The van der Waals surface area contributed by atoms with Crippen LogP contribution in [-0.4, -0.2) is 29.8 Å². The van der Waals surface area contributed by atoms with E-state index in [9.17, 15) is 22.8 Å². The normalized spacial score (nSPS) is 11.3. The first-order chi connectivity index (χ1) is 14.3. The molecule has 1 aromatic heterocycles. The number of hydrogen-bond donors (Lipinski definition) is 1. The van der Waals surface area contributed by atoms with Crippen molar-refractivity contribution >= 4 is 39.1 Å². The van der Waals surface area contributed by atoms with Gasteiger partial charge in [0.15, 0.2) is 6.61 Å². The molecule has 0 aliphatic carbocycles. The molecule has 0 radical (unpaired) electrons. The monoisotopic (exact) mass is 438 g/mol. The molecule has 0 aliphatic heterocycles. The van der Waals surface area contributed by atoms with E-state index < -0.39 is 30.6 Å². The minimum atomic E-state index is -4.79. The van der Waals surface area contributed by atoms with Crippen molar-refractivity contribution in [2.45, 2.75) is 25.6 Å². The highest BCUT2D eigenvalue weighted by Crippen LogP contribution is 2.24. The molecule has 0 saturated heterocycles. The van der Waals surface area contributed by atoms with Crippen LogP contribution in [-0.2, 0) is 20.7 Å². The third-order valence-electron chi connectivity index (χ3n) is 3.85. The maximum atomic E-state index is 12.1. The number of halogens is 3. The Labute approximate surface area is 173 Å². The number of nitrogens with one attached hydrogen (secondary N) is 1. The van der Waals surface area contributed by atoms with Gasteiger partial charge in [-0.2, -0.15) is 0 Å². The van der Waals surface area contributed by atoms with Gasteiger partial charge in [0, 0.05) is 12.1 Å². The van der Waals surface area contributed by atoms with Gasteiger partial charge in [-0.3, -0.25) is 9.59 Å². The standard InChI is InChI=1S/C20H17F3N2O4S/c21-20(22,23)29-14-10-8-13(9-11-14)24-17(26)12-28-19(27)7-3-6-18-25-15-4-1-2-5-16(15)30-18/h1-2,4-5,8-11H,3,6-7,12H2,(H,24,26). The second-order valence-electron chi connectivity index (χ2n) is 6.21. The molecule has 0 unspecified atom stereocenters. The first-order valence-electron chi connectivity index (χ1n) is 8.94. The Morgan fingerprint density at radius 3 is 2.50 bits per heavy atom. The molecule has 0 saturated carbocycles. The number of esters is 1. The minimum absolute atomic E-state index is 0.146. The summed E-state index contributed by atoms with van der Waals surface area (Å²) in [6, 6.07) is 12.4. The van der Waals surface area contributed by atoms with E-state index in [2.05, 4.69) is 15.0 Å². The van der Waals surface area contributed by atoms with Gasteiger partial charge in [-0.15, -0.1) is 24.5 Å². The Morgan fingerprint density at radius 2 is 1.80 bits per heavy atom. The second kappa shape index (κ2) is 9.57. The molecule has 0 spiro atoms. The van der Waals surface area contributed by atoms with Crippen LogP contribution in [0.5, 0.6) is 5.75 Å². The summed E-state index contributed by atoms with van der Waals surface area (Å²) in [6.45, 7) is -0.485. The van der Waals surface area contributed by atoms with E-state index in [1.165, 1.54) is 12.1 Å². The number of carbonyl (C=O) groups is 2. The number of alkyl halides is 3. The first-order valence-corrected chi connectivity index (χ1v) is 9.76. The van der Waals surface area contributed by atoms with Gasteiger partial charge in [0.2, 0.25) is 0 Å². The molecule has 3 aromatic rings. The zero-order chi connectivity index (χ0) is 21.6. The molecule has 1 N–H and O–H groups in total. The Hall–Kier alpha value is -3.14. The SMILES string of the molecule is O=C(COC(=O)CCCc1nc2ccccc2s1)Nc1ccc(OC(F)(F)F)cc1. The summed E-state index contributed by atoms with van der Waals surface area (Å²) in [5, 5.41) is 3.35. The lowest BCUT2D eigenvalue weighted by Crippen LogP contribution is -2.21. The largest absolute Gasteiger partial charge is 0.573 e. The number of carbonyl (C=O) groups excluding carboxylic acids is 2. The molecule has 3 rings (SSSR count). The van der Waals surface area contributed by atoms with Crippen molar-refractivity contribution < 1.29 is 32.2 Å². The first kappa shape index (κ1) is 21.6. The average Bonchev–Trinajstić information content (AvgIpc) is 3.09. The van der Waals surface area contributed by atoms with Crippen LogP contribution in [0.25, 0.3) is 10.2 Å². The highest BCUT2D eigenvalue weighted by molar-refractivity contribution is 7.18. The van der Waals surface area contributed by atoms with Gasteiger partial charge >= 0.3 is 12.3 Å². The van der Waals surface area contributed by atoms with Crippen molar-refractivity contribution in [1.29, 1.82) is 0 Å². The van der Waals surface area contributed by atoms with Gasteiger partial charge in [-0.25, -0.2) is 4.98 Å². The van der Waals surface area contributed by atoms with Crippen LogP contribution in [0.15, 0.2) is 48.5 Å². The number of fused-ring (bicyclic) bond motifs is 1. The lowest BCUT2D eigenvalue weighted by atomic mass is 10.2. The van der Waals surface area contributed by atoms with Crippen LogP contribution in [0.2, 0.25) is 0 Å². The molecule has 1 heterocycles. The summed E-state index contributed by atoms with van der Waals surface area (Å²) in [5.74, 6) is -1.51. The molecule has 6 nitrogen and oxygen atoms in total. The number of hydrogen-bond acceptors (Lipinski definition) is 6. The van der Waals surface area contributed by atoms with E-state index in [-0.39, 0.29) is 12.1 Å². The van der Waals surface area contributed by atoms with E-state index in [4.69, 9.17) is 4.74 Å². The highest BCUT2D eigenvalue weighted by atomic mass is 32.1. The predicted molar refractivity (Wildman–Crippen MR) is 105 cm³/mol. The molecule has 0 bridgehead atoms. The third kappa shape index (κ3) is 6.73. The number of amides is 1. The van der Waals surface area contributed by atoms with Crippen LogP contribution in [0, 0.1) is 0 Å². The highest BCUT2D eigenvalue weighted by Gasteiger charge is 2.30. The third-order valence-corrected chi connectivity index (χ3v) is 4.94. The van der Waals surface area contributed by atoms with Gasteiger partial charge in [-0.05, 0) is 49.2 Å². The van der Waals surface area contributed by atoms with Gasteiger partial charge in [0.25, 0.3) is 5.91 Å². The van der Waals surface area contributed by atoms with Gasteiger partial charge < -0.3 is 14.8 Å². The summed E-state index contributed by atoms with van der Waals surface area (Å²) in [4.78, 5) is 28.1. The fourth-order valence-electron chi connectivity index (χ4n) is 2.57. The number of benzene rings is 2. The molecule has 1 amide bonds. The van der Waals surface area contributed by atoms with Crippen molar-refractivity contribution in [2.75, 3.05) is 11.9 Å². The molecular formula is C20H17F3N2O4S. The van der Waals surface area contributed by atoms with Crippen molar-refractivity contribution in [3.05, 3.63) is 53.5 Å². The Balaban J connectivity index is 1.36. The number of anilines is 1. The van der Waals surface area contributed by atoms with E-state index >= 15 is 0 Å². The Kier molecular flexibility index (Phi) is 6.88. The predicted octanol–water partition coefficient (Wildman–Crippen LogP) is 4.70. The molecule has 0 atom stereocenters. The zero-order valence-corrected chi connectivity index (χ0v) is 16.4. The van der Waals surface area contributed by atoms with Gasteiger partial charge in [0.1, 0.15) is 5.75 Å². The van der Waals surface area contributed by atoms with Crippen molar-refractivity contribution in [1.82, 2.24) is 4.98 Å². The van der Waals surface area contributed by atoms with Crippen LogP contribution in [0.4, 0.5) is 18.9 Å². The molecule has 0 aliphatic rings. The van der Waals surface area contributed by atoms with Crippen molar-refractivity contribution in [3.63, 3.8) is 0 Å². The number of ether oxygens (including phenoxy) is 2. The lowest BCUT2D eigenvalue weighted by Gasteiger charge is -2.10. The van der Waals surface area contributed by atoms with Gasteiger partial charge in [0.05, 0.1) is 15.2 Å². The number of aromatic nitrogens is 1. The van der Waals surface area contributed by atoms with E-state index in [0.29, 0.717) is 12.8 Å². The molecule has 30 heavy (non-hydrogen) atoms. The quantitative estimate of drug-likeness (QED) is 0.516. The van der Waals surface area contributed by atoms with E-state index in [0.717, 1.165) is 27.4 Å². The number of thiazole rings is 1. The van der Waals surface area contributed by atoms with Crippen LogP contribution in [0.3, 0.4) is 0 Å². The van der Waals surface area contributed by atoms with E-state index in [1.807, 2.05) is 24.3 Å².